The Hall–Kier alpha value is -1.22. The van der Waals surface area contributed by atoms with E-state index in [0.29, 0.717) is 17.7 Å². The maximum Gasteiger partial charge on any atom is 0.169 e. The van der Waals surface area contributed by atoms with Crippen molar-refractivity contribution in [2.75, 3.05) is 13.6 Å². The van der Waals surface area contributed by atoms with Crippen LogP contribution in [-0.4, -0.2) is 19.4 Å². The third kappa shape index (κ3) is 2.67. The summed E-state index contributed by atoms with van der Waals surface area (Å²) in [5.74, 6) is -0.243. The normalized spacial score (nSPS) is 11.6. The van der Waals surface area contributed by atoms with Crippen LogP contribution in [0.25, 0.3) is 0 Å². The van der Waals surface area contributed by atoms with Gasteiger partial charge in [-0.25, -0.2) is 4.39 Å². The van der Waals surface area contributed by atoms with Crippen molar-refractivity contribution >= 4 is 5.78 Å². The lowest BCUT2D eigenvalue weighted by Crippen LogP contribution is -2.34. The third-order valence-corrected chi connectivity index (χ3v) is 2.65. The minimum atomic E-state index is -0.473. The molecule has 88 valence electrons. The van der Waals surface area contributed by atoms with E-state index in [1.807, 2.05) is 20.9 Å². The topological polar surface area (TPSA) is 29.1 Å². The summed E-state index contributed by atoms with van der Waals surface area (Å²) >= 11 is 0. The zero-order valence-electron chi connectivity index (χ0n) is 10.2. The molecule has 1 rings (SSSR count). The van der Waals surface area contributed by atoms with Crippen molar-refractivity contribution in [1.82, 2.24) is 5.32 Å². The van der Waals surface area contributed by atoms with Crippen LogP contribution in [-0.2, 0) is 0 Å². The fourth-order valence-electron chi connectivity index (χ4n) is 1.70. The van der Waals surface area contributed by atoms with Gasteiger partial charge >= 0.3 is 0 Å². The maximum atomic E-state index is 13.1. The fraction of sp³-hybridized carbons (Fsp3) is 0.462. The summed E-state index contributed by atoms with van der Waals surface area (Å²) in [4.78, 5) is 12.2. The van der Waals surface area contributed by atoms with Crippen LogP contribution < -0.4 is 5.32 Å². The molecule has 0 unspecified atom stereocenters. The number of hydrogen-bond acceptors (Lipinski definition) is 2. The van der Waals surface area contributed by atoms with Gasteiger partial charge in [-0.1, -0.05) is 13.8 Å². The molecule has 0 amide bonds. The molecule has 0 saturated heterocycles. The number of hydrogen-bond donors (Lipinski definition) is 1. The zero-order valence-corrected chi connectivity index (χ0v) is 10.2. The minimum absolute atomic E-state index is 0.0324. The van der Waals surface area contributed by atoms with E-state index >= 15 is 0 Å². The Balaban J connectivity index is 3.01. The molecule has 0 bridgehead atoms. The van der Waals surface area contributed by atoms with Crippen molar-refractivity contribution in [2.45, 2.75) is 20.8 Å². The highest BCUT2D eigenvalue weighted by molar-refractivity contribution is 6.00. The lowest BCUT2D eigenvalue weighted by Gasteiger charge is -2.22. The van der Waals surface area contributed by atoms with Gasteiger partial charge < -0.3 is 5.32 Å². The molecule has 0 radical (unpaired) electrons. The van der Waals surface area contributed by atoms with Crippen LogP contribution in [0.1, 0.15) is 29.8 Å². The predicted molar refractivity (Wildman–Crippen MR) is 63.2 cm³/mol. The highest BCUT2D eigenvalue weighted by Crippen LogP contribution is 2.22. The fourth-order valence-corrected chi connectivity index (χ4v) is 1.70. The Kier molecular flexibility index (Phi) is 3.81. The second kappa shape index (κ2) is 4.74. The second-order valence-corrected chi connectivity index (χ2v) is 4.71. The molecule has 0 heterocycles. The van der Waals surface area contributed by atoms with Gasteiger partial charge in [-0.05, 0) is 37.7 Å². The van der Waals surface area contributed by atoms with Gasteiger partial charge in [0.1, 0.15) is 5.82 Å². The lowest BCUT2D eigenvalue weighted by atomic mass is 9.84. The number of nitrogens with one attached hydrogen (secondary N) is 1. The Labute approximate surface area is 95.9 Å². The first-order valence-electron chi connectivity index (χ1n) is 5.34. The van der Waals surface area contributed by atoms with Gasteiger partial charge in [-0.3, -0.25) is 4.79 Å². The largest absolute Gasteiger partial charge is 0.319 e. The molecule has 2 nitrogen and oxygen atoms in total. The molecular weight excluding hydrogens is 205 g/mol. The molecule has 1 aromatic rings. The van der Waals surface area contributed by atoms with Crippen molar-refractivity contribution in [3.8, 4) is 0 Å². The second-order valence-electron chi connectivity index (χ2n) is 4.71. The van der Waals surface area contributed by atoms with Gasteiger partial charge in [0.05, 0.1) is 0 Å². The molecule has 1 N–H and O–H groups in total. The van der Waals surface area contributed by atoms with Crippen molar-refractivity contribution in [1.29, 1.82) is 0 Å². The molecule has 16 heavy (non-hydrogen) atoms. The summed E-state index contributed by atoms with van der Waals surface area (Å²) in [6.07, 6.45) is 0. The van der Waals surface area contributed by atoms with E-state index in [9.17, 15) is 9.18 Å². The van der Waals surface area contributed by atoms with Crippen LogP contribution in [0.4, 0.5) is 4.39 Å². The molecular formula is C13H18FNO. The first-order valence-corrected chi connectivity index (χ1v) is 5.34. The average Bonchev–Trinajstić information content (AvgIpc) is 2.21. The van der Waals surface area contributed by atoms with Crippen molar-refractivity contribution in [3.05, 3.63) is 35.1 Å². The Morgan fingerprint density at radius 3 is 2.56 bits per heavy atom. The van der Waals surface area contributed by atoms with Gasteiger partial charge in [0.15, 0.2) is 5.78 Å². The van der Waals surface area contributed by atoms with Crippen molar-refractivity contribution in [2.24, 2.45) is 5.41 Å². The Bertz CT molecular complexity index is 399. The number of aryl methyl sites for hydroxylation is 1. The third-order valence-electron chi connectivity index (χ3n) is 2.65. The van der Waals surface area contributed by atoms with Crippen LogP contribution in [0.3, 0.4) is 0 Å². The summed E-state index contributed by atoms with van der Waals surface area (Å²) in [6.45, 7) is 6.02. The first-order chi connectivity index (χ1) is 7.38. The number of rotatable bonds is 4. The quantitative estimate of drug-likeness (QED) is 0.795. The molecule has 0 spiro atoms. The molecule has 0 aliphatic heterocycles. The summed E-state index contributed by atoms with van der Waals surface area (Å²) < 4.78 is 13.1. The van der Waals surface area contributed by atoms with Crippen LogP contribution >= 0.6 is 0 Å². The van der Waals surface area contributed by atoms with Gasteiger partial charge in [0.25, 0.3) is 0 Å². The smallest absolute Gasteiger partial charge is 0.169 e. The minimum Gasteiger partial charge on any atom is -0.319 e. The van der Waals surface area contributed by atoms with Crippen LogP contribution in [0.2, 0.25) is 0 Å². The van der Waals surface area contributed by atoms with E-state index in [2.05, 4.69) is 5.32 Å². The van der Waals surface area contributed by atoms with E-state index in [4.69, 9.17) is 0 Å². The summed E-state index contributed by atoms with van der Waals surface area (Å²) in [5.41, 5.74) is 0.601. The molecule has 1 aromatic carbocycles. The summed E-state index contributed by atoms with van der Waals surface area (Å²) in [7, 11) is 1.81. The van der Waals surface area contributed by atoms with E-state index in [0.717, 1.165) is 0 Å². The monoisotopic (exact) mass is 223 g/mol. The zero-order chi connectivity index (χ0) is 12.3. The number of benzene rings is 1. The number of carbonyl (C=O) groups is 1. The molecule has 0 aromatic heterocycles. The van der Waals surface area contributed by atoms with E-state index in [-0.39, 0.29) is 11.6 Å². The average molecular weight is 223 g/mol. The highest BCUT2D eigenvalue weighted by Gasteiger charge is 2.27. The number of Topliss-reactive ketones (excluding diaryl/α,β-unsaturated/α-hetero) is 1. The van der Waals surface area contributed by atoms with Crippen LogP contribution in [0.5, 0.6) is 0 Å². The SMILES string of the molecule is CNCC(C)(C)C(=O)c1ccc(F)c(C)c1. The van der Waals surface area contributed by atoms with E-state index in [1.54, 1.807) is 19.1 Å². The van der Waals surface area contributed by atoms with Crippen molar-refractivity contribution < 1.29 is 9.18 Å². The lowest BCUT2D eigenvalue weighted by molar-refractivity contribution is 0.0839. The molecule has 0 saturated carbocycles. The van der Waals surface area contributed by atoms with Gasteiger partial charge in [-0.15, -0.1) is 0 Å². The summed E-state index contributed by atoms with van der Waals surface area (Å²) in [5, 5.41) is 2.99. The van der Waals surface area contributed by atoms with Gasteiger partial charge in [0.2, 0.25) is 0 Å². The molecule has 0 aliphatic carbocycles. The molecule has 3 heteroatoms. The maximum absolute atomic E-state index is 13.1. The van der Waals surface area contributed by atoms with Gasteiger partial charge in [0, 0.05) is 17.5 Å². The highest BCUT2D eigenvalue weighted by atomic mass is 19.1. The summed E-state index contributed by atoms with van der Waals surface area (Å²) in [6, 6.07) is 4.50. The van der Waals surface area contributed by atoms with E-state index in [1.165, 1.54) is 6.07 Å². The standard InChI is InChI=1S/C13H18FNO/c1-9-7-10(5-6-11(9)14)12(16)13(2,3)8-15-4/h5-7,15H,8H2,1-4H3. The Morgan fingerprint density at radius 1 is 1.44 bits per heavy atom. The Morgan fingerprint density at radius 2 is 2.06 bits per heavy atom. The van der Waals surface area contributed by atoms with Gasteiger partial charge in [-0.2, -0.15) is 0 Å². The molecule has 0 atom stereocenters. The van der Waals surface area contributed by atoms with E-state index < -0.39 is 5.41 Å². The van der Waals surface area contributed by atoms with Crippen LogP contribution in [0, 0.1) is 18.2 Å². The number of ketones is 1. The van der Waals surface area contributed by atoms with Crippen molar-refractivity contribution in [3.63, 3.8) is 0 Å². The predicted octanol–water partition coefficient (Wildman–Crippen LogP) is 2.56. The number of halogens is 1. The molecule has 0 aliphatic rings. The number of carbonyl (C=O) groups excluding carboxylic acids is 1. The first kappa shape index (κ1) is 12.8. The molecule has 0 fully saturated rings. The van der Waals surface area contributed by atoms with Crippen LogP contribution in [0.15, 0.2) is 18.2 Å².